The highest BCUT2D eigenvalue weighted by Gasteiger charge is 2.15. The maximum Gasteiger partial charge on any atom is 0.275 e. The molecular weight excluding hydrogens is 274 g/mol. The number of hydrogen-bond donors (Lipinski definition) is 2. The SMILES string of the molecule is NCCc1nc(C(=O)Nc2ccc3c(c2)CCO3)cs1. The summed E-state index contributed by atoms with van der Waals surface area (Å²) >= 11 is 1.46. The lowest BCUT2D eigenvalue weighted by Crippen LogP contribution is -2.12. The Morgan fingerprint density at radius 3 is 3.25 bits per heavy atom. The molecule has 0 unspecified atom stereocenters. The van der Waals surface area contributed by atoms with Gasteiger partial charge in [0.15, 0.2) is 0 Å². The molecule has 1 aromatic carbocycles. The average molecular weight is 289 g/mol. The highest BCUT2D eigenvalue weighted by Crippen LogP contribution is 2.28. The summed E-state index contributed by atoms with van der Waals surface area (Å²) in [5.74, 6) is 0.713. The summed E-state index contributed by atoms with van der Waals surface area (Å²) in [5.41, 5.74) is 7.82. The third-order valence-corrected chi connectivity index (χ3v) is 4.00. The lowest BCUT2D eigenvalue weighted by molar-refractivity contribution is 0.102. The van der Waals surface area contributed by atoms with Gasteiger partial charge in [-0.25, -0.2) is 4.98 Å². The van der Waals surface area contributed by atoms with E-state index in [-0.39, 0.29) is 5.91 Å². The van der Waals surface area contributed by atoms with E-state index >= 15 is 0 Å². The van der Waals surface area contributed by atoms with Gasteiger partial charge in [0.25, 0.3) is 5.91 Å². The average Bonchev–Trinajstić information content (AvgIpc) is 3.07. The van der Waals surface area contributed by atoms with E-state index in [4.69, 9.17) is 10.5 Å². The molecule has 3 N–H and O–H groups in total. The number of anilines is 1. The summed E-state index contributed by atoms with van der Waals surface area (Å²) < 4.78 is 5.44. The second kappa shape index (κ2) is 5.60. The number of hydrogen-bond acceptors (Lipinski definition) is 5. The van der Waals surface area contributed by atoms with Crippen molar-refractivity contribution in [3.05, 3.63) is 39.8 Å². The maximum atomic E-state index is 12.1. The summed E-state index contributed by atoms with van der Waals surface area (Å²) in [7, 11) is 0. The van der Waals surface area contributed by atoms with Gasteiger partial charge in [-0.05, 0) is 30.3 Å². The number of nitrogens with one attached hydrogen (secondary N) is 1. The largest absolute Gasteiger partial charge is 0.493 e. The third kappa shape index (κ3) is 2.66. The van der Waals surface area contributed by atoms with E-state index in [0.29, 0.717) is 25.3 Å². The highest BCUT2D eigenvalue weighted by molar-refractivity contribution is 7.09. The monoisotopic (exact) mass is 289 g/mol. The molecule has 1 aromatic heterocycles. The van der Waals surface area contributed by atoms with E-state index in [1.165, 1.54) is 11.3 Å². The number of fused-ring (bicyclic) bond motifs is 1. The molecule has 1 amide bonds. The fraction of sp³-hybridized carbons (Fsp3) is 0.286. The van der Waals surface area contributed by atoms with Crippen molar-refractivity contribution in [2.45, 2.75) is 12.8 Å². The van der Waals surface area contributed by atoms with Crippen LogP contribution in [0.2, 0.25) is 0 Å². The Hall–Kier alpha value is -1.92. The Morgan fingerprint density at radius 1 is 1.50 bits per heavy atom. The van der Waals surface area contributed by atoms with Gasteiger partial charge in [-0.1, -0.05) is 0 Å². The molecule has 0 radical (unpaired) electrons. The second-order valence-electron chi connectivity index (χ2n) is 4.54. The van der Waals surface area contributed by atoms with Crippen LogP contribution in [0.25, 0.3) is 0 Å². The van der Waals surface area contributed by atoms with Crippen molar-refractivity contribution in [2.24, 2.45) is 5.73 Å². The summed E-state index contributed by atoms with van der Waals surface area (Å²) in [6.45, 7) is 1.25. The molecule has 5 nitrogen and oxygen atoms in total. The first-order chi connectivity index (χ1) is 9.76. The zero-order chi connectivity index (χ0) is 13.9. The lowest BCUT2D eigenvalue weighted by Gasteiger charge is -2.05. The fourth-order valence-electron chi connectivity index (χ4n) is 2.11. The Labute approximate surface area is 120 Å². The van der Waals surface area contributed by atoms with Gasteiger partial charge in [-0.3, -0.25) is 4.79 Å². The molecule has 6 heteroatoms. The Balaban J connectivity index is 1.71. The minimum absolute atomic E-state index is 0.191. The van der Waals surface area contributed by atoms with Crippen LogP contribution >= 0.6 is 11.3 Å². The highest BCUT2D eigenvalue weighted by atomic mass is 32.1. The number of ether oxygens (including phenoxy) is 1. The van der Waals surface area contributed by atoms with E-state index in [0.717, 1.165) is 28.4 Å². The van der Waals surface area contributed by atoms with Crippen molar-refractivity contribution in [3.8, 4) is 5.75 Å². The molecule has 3 rings (SSSR count). The van der Waals surface area contributed by atoms with Crippen LogP contribution in [0.5, 0.6) is 5.75 Å². The van der Waals surface area contributed by atoms with Crippen LogP contribution in [-0.4, -0.2) is 24.0 Å². The van der Waals surface area contributed by atoms with Crippen molar-refractivity contribution in [1.82, 2.24) is 4.98 Å². The first-order valence-corrected chi connectivity index (χ1v) is 7.36. The van der Waals surface area contributed by atoms with Gasteiger partial charge in [0.1, 0.15) is 11.4 Å². The van der Waals surface area contributed by atoms with E-state index in [1.54, 1.807) is 5.38 Å². The molecule has 2 heterocycles. The molecule has 0 bridgehead atoms. The molecule has 1 aliphatic rings. The zero-order valence-corrected chi connectivity index (χ0v) is 11.7. The molecule has 0 atom stereocenters. The molecule has 1 aliphatic heterocycles. The third-order valence-electron chi connectivity index (χ3n) is 3.09. The number of aromatic nitrogens is 1. The summed E-state index contributed by atoms with van der Waals surface area (Å²) in [5, 5.41) is 5.51. The van der Waals surface area contributed by atoms with Gasteiger partial charge in [-0.15, -0.1) is 11.3 Å². The quantitative estimate of drug-likeness (QED) is 0.900. The molecule has 2 aromatic rings. The fourth-order valence-corrected chi connectivity index (χ4v) is 2.91. The Morgan fingerprint density at radius 2 is 2.40 bits per heavy atom. The molecule has 0 aliphatic carbocycles. The van der Waals surface area contributed by atoms with E-state index in [9.17, 15) is 4.79 Å². The summed E-state index contributed by atoms with van der Waals surface area (Å²) in [6, 6.07) is 5.68. The van der Waals surface area contributed by atoms with Gasteiger partial charge >= 0.3 is 0 Å². The van der Waals surface area contributed by atoms with Crippen molar-refractivity contribution in [2.75, 3.05) is 18.5 Å². The summed E-state index contributed by atoms with van der Waals surface area (Å²) in [6.07, 6.45) is 1.59. The molecular formula is C14H15N3O2S. The first kappa shape index (κ1) is 13.1. The first-order valence-electron chi connectivity index (χ1n) is 6.48. The van der Waals surface area contributed by atoms with Gasteiger partial charge in [0.05, 0.1) is 11.6 Å². The van der Waals surface area contributed by atoms with Crippen LogP contribution < -0.4 is 15.8 Å². The zero-order valence-electron chi connectivity index (χ0n) is 10.9. The number of carbonyl (C=O) groups is 1. The number of amides is 1. The van der Waals surface area contributed by atoms with Crippen LogP contribution in [0.4, 0.5) is 5.69 Å². The number of rotatable bonds is 4. The number of carbonyl (C=O) groups excluding carboxylic acids is 1. The number of thiazole rings is 1. The minimum Gasteiger partial charge on any atom is -0.493 e. The topological polar surface area (TPSA) is 77.2 Å². The van der Waals surface area contributed by atoms with Crippen LogP contribution in [0, 0.1) is 0 Å². The smallest absolute Gasteiger partial charge is 0.275 e. The molecule has 0 spiro atoms. The van der Waals surface area contributed by atoms with Crippen LogP contribution in [0.3, 0.4) is 0 Å². The minimum atomic E-state index is -0.191. The van der Waals surface area contributed by atoms with Gasteiger partial charge < -0.3 is 15.8 Å². The van der Waals surface area contributed by atoms with Gasteiger partial charge in [-0.2, -0.15) is 0 Å². The van der Waals surface area contributed by atoms with Crippen molar-refractivity contribution in [1.29, 1.82) is 0 Å². The Kier molecular flexibility index (Phi) is 3.66. The standard InChI is InChI=1S/C14H15N3O2S/c15-5-3-13-17-11(8-20-13)14(18)16-10-1-2-12-9(7-10)4-6-19-12/h1-2,7-8H,3-6,15H2,(H,16,18). The Bertz CT molecular complexity index is 639. The molecule has 0 saturated carbocycles. The molecule has 20 heavy (non-hydrogen) atoms. The predicted molar refractivity (Wildman–Crippen MR) is 78.5 cm³/mol. The van der Waals surface area contributed by atoms with E-state index in [2.05, 4.69) is 10.3 Å². The number of benzene rings is 1. The normalized spacial score (nSPS) is 12.8. The number of nitrogens with zero attached hydrogens (tertiary/aromatic N) is 1. The number of nitrogens with two attached hydrogens (primary N) is 1. The van der Waals surface area contributed by atoms with Crippen molar-refractivity contribution < 1.29 is 9.53 Å². The van der Waals surface area contributed by atoms with E-state index in [1.807, 2.05) is 18.2 Å². The van der Waals surface area contributed by atoms with Gasteiger partial charge in [0.2, 0.25) is 0 Å². The predicted octanol–water partition coefficient (Wildman–Crippen LogP) is 1.83. The van der Waals surface area contributed by atoms with E-state index < -0.39 is 0 Å². The molecule has 0 fully saturated rings. The lowest BCUT2D eigenvalue weighted by atomic mass is 10.1. The van der Waals surface area contributed by atoms with Crippen molar-refractivity contribution in [3.63, 3.8) is 0 Å². The van der Waals surface area contributed by atoms with Crippen LogP contribution in [0.1, 0.15) is 21.1 Å². The molecule has 104 valence electrons. The van der Waals surface area contributed by atoms with Crippen molar-refractivity contribution >= 4 is 22.9 Å². The van der Waals surface area contributed by atoms with Gasteiger partial charge in [0, 0.05) is 23.9 Å². The molecule has 0 saturated heterocycles. The second-order valence-corrected chi connectivity index (χ2v) is 5.48. The van der Waals surface area contributed by atoms with Crippen LogP contribution in [-0.2, 0) is 12.8 Å². The summed E-state index contributed by atoms with van der Waals surface area (Å²) in [4.78, 5) is 16.4. The van der Waals surface area contributed by atoms with Crippen LogP contribution in [0.15, 0.2) is 23.6 Å². The maximum absolute atomic E-state index is 12.1.